The summed E-state index contributed by atoms with van der Waals surface area (Å²) in [4.78, 5) is 19.2. The molecule has 1 amide bonds. The van der Waals surface area contributed by atoms with Crippen molar-refractivity contribution in [3.05, 3.63) is 88.1 Å². The molecule has 0 bridgehead atoms. The number of para-hydroxylation sites is 1. The third-order valence-corrected chi connectivity index (χ3v) is 7.92. The second kappa shape index (κ2) is 11.4. The van der Waals surface area contributed by atoms with Gasteiger partial charge < -0.3 is 14.7 Å². The Balaban J connectivity index is 1.25. The minimum atomic E-state index is -0.494. The molecule has 0 radical (unpaired) electrons. The maximum atomic E-state index is 13.7. The van der Waals surface area contributed by atoms with Crippen LogP contribution >= 0.6 is 11.3 Å². The highest BCUT2D eigenvalue weighted by Crippen LogP contribution is 2.34. The molecule has 0 saturated heterocycles. The molecule has 1 saturated carbocycles. The van der Waals surface area contributed by atoms with Crippen LogP contribution in [0.2, 0.25) is 0 Å². The number of thiophene rings is 1. The van der Waals surface area contributed by atoms with Crippen LogP contribution in [0.3, 0.4) is 0 Å². The normalized spacial score (nSPS) is 18.3. The van der Waals surface area contributed by atoms with Gasteiger partial charge in [-0.2, -0.15) is 0 Å². The first-order chi connectivity index (χ1) is 17.2. The van der Waals surface area contributed by atoms with Crippen molar-refractivity contribution in [3.63, 3.8) is 0 Å². The number of carbonyl (C=O) groups excluding carboxylic acids is 1. The molecule has 0 spiro atoms. The van der Waals surface area contributed by atoms with Gasteiger partial charge in [-0.3, -0.25) is 9.69 Å². The van der Waals surface area contributed by atoms with Gasteiger partial charge in [0.05, 0.1) is 18.7 Å². The number of aliphatic hydroxyl groups excluding tert-OH is 1. The molecular formula is C29H34N2O3S. The average molecular weight is 491 g/mol. The van der Waals surface area contributed by atoms with Gasteiger partial charge in [0.15, 0.2) is 0 Å². The quantitative estimate of drug-likeness (QED) is 0.428. The fourth-order valence-electron chi connectivity index (χ4n) is 4.97. The van der Waals surface area contributed by atoms with Gasteiger partial charge in [0, 0.05) is 24.5 Å². The van der Waals surface area contributed by atoms with E-state index < -0.39 is 6.10 Å². The fourth-order valence-corrected chi connectivity index (χ4v) is 5.89. The molecule has 2 heterocycles. The molecule has 1 aliphatic carbocycles. The Labute approximate surface area is 212 Å². The maximum absolute atomic E-state index is 13.7. The molecule has 0 unspecified atom stereocenters. The SMILES string of the molecule is O=C(CN(CC1CC1)C[C@@H](O)Cc1ccccc1)N1CCc2sccc2[C@@H]1COc1ccccc1. The lowest BCUT2D eigenvalue weighted by molar-refractivity contribution is -0.136. The molecule has 2 atom stereocenters. The Bertz CT molecular complexity index is 1080. The summed E-state index contributed by atoms with van der Waals surface area (Å²) >= 11 is 1.77. The first-order valence-electron chi connectivity index (χ1n) is 12.6. The van der Waals surface area contributed by atoms with E-state index >= 15 is 0 Å². The third kappa shape index (κ3) is 6.51. The van der Waals surface area contributed by atoms with Crippen molar-refractivity contribution in [2.24, 2.45) is 5.92 Å². The number of amides is 1. The standard InChI is InChI=1S/C29H34N2O3S/c32-24(17-22-7-3-1-4-8-22)19-30(18-23-11-12-23)20-29(33)31-15-13-28-26(14-16-35-28)27(31)21-34-25-9-5-2-6-10-25/h1-10,14,16,23-24,27,32H,11-13,15,17-21H2/t24-,27-/m0/s1. The number of fused-ring (bicyclic) bond motifs is 1. The van der Waals surface area contributed by atoms with Crippen molar-refractivity contribution < 1.29 is 14.6 Å². The van der Waals surface area contributed by atoms with Crippen LogP contribution in [-0.2, 0) is 17.6 Å². The molecule has 3 aromatic rings. The van der Waals surface area contributed by atoms with Gasteiger partial charge in [0.25, 0.3) is 0 Å². The molecule has 1 aromatic heterocycles. The summed E-state index contributed by atoms with van der Waals surface area (Å²) in [7, 11) is 0. The molecule has 6 heteroatoms. The molecule has 1 aliphatic heterocycles. The summed E-state index contributed by atoms with van der Waals surface area (Å²) in [6.07, 6.45) is 3.43. The van der Waals surface area contributed by atoms with E-state index in [2.05, 4.69) is 16.3 Å². The van der Waals surface area contributed by atoms with Crippen molar-refractivity contribution in [2.45, 2.75) is 37.8 Å². The van der Waals surface area contributed by atoms with E-state index in [0.29, 0.717) is 38.6 Å². The zero-order valence-corrected chi connectivity index (χ0v) is 20.9. The lowest BCUT2D eigenvalue weighted by Gasteiger charge is -2.37. The smallest absolute Gasteiger partial charge is 0.237 e. The second-order valence-corrected chi connectivity index (χ2v) is 10.8. The zero-order chi connectivity index (χ0) is 24.0. The van der Waals surface area contributed by atoms with Crippen molar-refractivity contribution >= 4 is 17.2 Å². The number of hydrogen-bond acceptors (Lipinski definition) is 5. The van der Waals surface area contributed by atoms with Crippen molar-refractivity contribution in [1.29, 1.82) is 0 Å². The molecule has 5 rings (SSSR count). The number of hydrogen-bond donors (Lipinski definition) is 1. The van der Waals surface area contributed by atoms with Crippen LogP contribution in [-0.4, -0.2) is 59.7 Å². The maximum Gasteiger partial charge on any atom is 0.237 e. The van der Waals surface area contributed by atoms with E-state index in [0.717, 1.165) is 24.3 Å². The number of aliphatic hydroxyl groups is 1. The van der Waals surface area contributed by atoms with E-state index in [9.17, 15) is 9.90 Å². The van der Waals surface area contributed by atoms with E-state index in [1.54, 1.807) is 11.3 Å². The minimum absolute atomic E-state index is 0.0882. The topological polar surface area (TPSA) is 53.0 Å². The Morgan fingerprint density at radius 2 is 1.83 bits per heavy atom. The predicted octanol–water partition coefficient (Wildman–Crippen LogP) is 4.57. The van der Waals surface area contributed by atoms with Crippen LogP contribution < -0.4 is 4.74 Å². The second-order valence-electron chi connectivity index (χ2n) is 9.76. The minimum Gasteiger partial charge on any atom is -0.491 e. The third-order valence-electron chi connectivity index (χ3n) is 6.92. The monoisotopic (exact) mass is 490 g/mol. The van der Waals surface area contributed by atoms with Crippen molar-refractivity contribution in [1.82, 2.24) is 9.80 Å². The number of ether oxygens (including phenoxy) is 1. The number of benzene rings is 2. The molecular weight excluding hydrogens is 456 g/mol. The predicted molar refractivity (Wildman–Crippen MR) is 140 cm³/mol. The van der Waals surface area contributed by atoms with E-state index in [1.807, 2.05) is 65.6 Å². The highest BCUT2D eigenvalue weighted by molar-refractivity contribution is 7.10. The van der Waals surface area contributed by atoms with Crippen LogP contribution in [0.5, 0.6) is 5.75 Å². The molecule has 2 aliphatic rings. The molecule has 35 heavy (non-hydrogen) atoms. The van der Waals surface area contributed by atoms with Crippen molar-refractivity contribution in [2.75, 3.05) is 32.8 Å². The van der Waals surface area contributed by atoms with Gasteiger partial charge in [0.1, 0.15) is 12.4 Å². The van der Waals surface area contributed by atoms with Gasteiger partial charge >= 0.3 is 0 Å². The van der Waals surface area contributed by atoms with Gasteiger partial charge in [-0.25, -0.2) is 0 Å². The van der Waals surface area contributed by atoms with Gasteiger partial charge in [-0.1, -0.05) is 48.5 Å². The van der Waals surface area contributed by atoms with E-state index in [1.165, 1.54) is 23.3 Å². The van der Waals surface area contributed by atoms with Crippen LogP contribution in [0.4, 0.5) is 0 Å². The molecule has 184 valence electrons. The number of carbonyl (C=O) groups is 1. The molecule has 1 fully saturated rings. The lowest BCUT2D eigenvalue weighted by Crippen LogP contribution is -2.48. The van der Waals surface area contributed by atoms with Gasteiger partial charge in [0.2, 0.25) is 5.91 Å². The first kappa shape index (κ1) is 24.0. The highest BCUT2D eigenvalue weighted by atomic mass is 32.1. The van der Waals surface area contributed by atoms with Crippen molar-refractivity contribution in [3.8, 4) is 5.75 Å². The summed E-state index contributed by atoms with van der Waals surface area (Å²) in [5.41, 5.74) is 2.33. The Morgan fingerprint density at radius 1 is 1.09 bits per heavy atom. The van der Waals surface area contributed by atoms with E-state index in [4.69, 9.17) is 4.74 Å². The molecule has 1 N–H and O–H groups in total. The summed E-state index contributed by atoms with van der Waals surface area (Å²) in [5.74, 6) is 1.59. The molecule has 5 nitrogen and oxygen atoms in total. The average Bonchev–Trinajstić information content (AvgIpc) is 3.55. The Morgan fingerprint density at radius 3 is 2.57 bits per heavy atom. The van der Waals surface area contributed by atoms with Crippen LogP contribution in [0.15, 0.2) is 72.1 Å². The summed E-state index contributed by atoms with van der Waals surface area (Å²) in [5, 5.41) is 12.9. The summed E-state index contributed by atoms with van der Waals surface area (Å²) < 4.78 is 6.12. The zero-order valence-electron chi connectivity index (χ0n) is 20.1. The lowest BCUT2D eigenvalue weighted by atomic mass is 10.00. The Kier molecular flexibility index (Phi) is 7.82. The van der Waals surface area contributed by atoms with Crippen LogP contribution in [0.25, 0.3) is 0 Å². The van der Waals surface area contributed by atoms with E-state index in [-0.39, 0.29) is 11.9 Å². The molecule has 2 aromatic carbocycles. The van der Waals surface area contributed by atoms with Crippen LogP contribution in [0, 0.1) is 5.92 Å². The number of nitrogens with zero attached hydrogens (tertiary/aromatic N) is 2. The van der Waals surface area contributed by atoms with Gasteiger partial charge in [-0.15, -0.1) is 11.3 Å². The number of rotatable bonds is 11. The summed E-state index contributed by atoms with van der Waals surface area (Å²) in [6, 6.07) is 21.9. The van der Waals surface area contributed by atoms with Gasteiger partial charge in [-0.05, 0) is 66.3 Å². The first-order valence-corrected chi connectivity index (χ1v) is 13.5. The fraction of sp³-hybridized carbons (Fsp3) is 0.414. The Hall–Kier alpha value is -2.67. The van der Waals surface area contributed by atoms with Crippen LogP contribution in [0.1, 0.15) is 34.9 Å². The summed E-state index contributed by atoms with van der Waals surface area (Å²) in [6.45, 7) is 2.88. The highest BCUT2D eigenvalue weighted by Gasteiger charge is 2.34. The largest absolute Gasteiger partial charge is 0.491 e.